The van der Waals surface area contributed by atoms with Crippen molar-refractivity contribution in [3.05, 3.63) is 0 Å². The van der Waals surface area contributed by atoms with Crippen LogP contribution in [0.3, 0.4) is 0 Å². The molecule has 0 bridgehead atoms. The van der Waals surface area contributed by atoms with E-state index in [1.807, 2.05) is 0 Å². The van der Waals surface area contributed by atoms with Crippen LogP contribution in [0.15, 0.2) is 0 Å². The molecular weight excluding hydrogens is 140 g/mol. The zero-order valence-corrected chi connectivity index (χ0v) is 7.00. The normalized spacial score (nSPS) is 23.5. The largest absolute Gasteiger partial charge is 0.394 e. The van der Waals surface area contributed by atoms with Crippen LogP contribution in [0.4, 0.5) is 0 Å². The number of rotatable bonds is 3. The predicted octanol–water partition coefficient (Wildman–Crippen LogP) is 1.31. The first-order valence-corrected chi connectivity index (χ1v) is 4.62. The molecule has 0 aromatic heterocycles. The van der Waals surface area contributed by atoms with Gasteiger partial charge >= 0.3 is 0 Å². The van der Waals surface area contributed by atoms with Crippen LogP contribution in [0.5, 0.6) is 0 Å². The van der Waals surface area contributed by atoms with Gasteiger partial charge in [-0.2, -0.15) is 0 Å². The van der Waals surface area contributed by atoms with Crippen molar-refractivity contribution >= 4 is 0 Å². The van der Waals surface area contributed by atoms with E-state index in [9.17, 15) is 0 Å². The summed E-state index contributed by atoms with van der Waals surface area (Å²) in [5.41, 5.74) is 0. The first-order valence-electron chi connectivity index (χ1n) is 4.62. The molecule has 0 aliphatic heterocycles. The summed E-state index contributed by atoms with van der Waals surface area (Å²) in [5.74, 6) is 0.672. The highest BCUT2D eigenvalue weighted by molar-refractivity contribution is 4.68. The molecule has 0 amide bonds. The van der Waals surface area contributed by atoms with Crippen LogP contribution in [0, 0.1) is 5.92 Å². The van der Waals surface area contributed by atoms with Crippen molar-refractivity contribution in [3.8, 4) is 0 Å². The second-order valence-corrected chi connectivity index (χ2v) is 3.58. The standard InChI is InChI=1S/C9H18O2/c10-7-9(11)6-8-4-2-1-3-5-8/h8-11H,1-7H2/t9-/m0/s1. The Labute approximate surface area is 68.2 Å². The highest BCUT2D eigenvalue weighted by Crippen LogP contribution is 2.27. The van der Waals surface area contributed by atoms with Crippen molar-refractivity contribution in [1.29, 1.82) is 0 Å². The SMILES string of the molecule is OC[C@@H](O)CC1CCCCC1. The minimum atomic E-state index is -0.474. The van der Waals surface area contributed by atoms with E-state index in [-0.39, 0.29) is 6.61 Å². The Bertz CT molecular complexity index is 97.7. The number of hydrogen-bond donors (Lipinski definition) is 2. The first kappa shape index (κ1) is 9.01. The minimum Gasteiger partial charge on any atom is -0.394 e. The molecule has 2 N–H and O–H groups in total. The Morgan fingerprint density at radius 2 is 1.82 bits per heavy atom. The van der Waals surface area contributed by atoms with Crippen LogP contribution in [0.1, 0.15) is 38.5 Å². The average Bonchev–Trinajstić information content (AvgIpc) is 2.06. The Morgan fingerprint density at radius 3 is 2.36 bits per heavy atom. The molecule has 0 radical (unpaired) electrons. The molecule has 2 heteroatoms. The molecule has 0 aromatic rings. The monoisotopic (exact) mass is 158 g/mol. The van der Waals surface area contributed by atoms with E-state index in [0.717, 1.165) is 6.42 Å². The van der Waals surface area contributed by atoms with Gasteiger partial charge in [0.05, 0.1) is 12.7 Å². The van der Waals surface area contributed by atoms with E-state index < -0.39 is 6.10 Å². The molecule has 0 unspecified atom stereocenters. The molecule has 1 aliphatic carbocycles. The van der Waals surface area contributed by atoms with Crippen LogP contribution in [-0.2, 0) is 0 Å². The fourth-order valence-corrected chi connectivity index (χ4v) is 1.88. The molecule has 1 fully saturated rings. The summed E-state index contributed by atoms with van der Waals surface area (Å²) in [4.78, 5) is 0. The Kier molecular flexibility index (Phi) is 3.87. The molecule has 1 aliphatic rings. The van der Waals surface area contributed by atoms with Crippen LogP contribution < -0.4 is 0 Å². The summed E-state index contributed by atoms with van der Waals surface area (Å²) >= 11 is 0. The second-order valence-electron chi connectivity index (χ2n) is 3.58. The maximum absolute atomic E-state index is 9.16. The Morgan fingerprint density at radius 1 is 1.18 bits per heavy atom. The number of aliphatic hydroxyl groups excluding tert-OH is 2. The van der Waals surface area contributed by atoms with E-state index >= 15 is 0 Å². The van der Waals surface area contributed by atoms with Gasteiger partial charge in [-0.15, -0.1) is 0 Å². The molecule has 11 heavy (non-hydrogen) atoms. The van der Waals surface area contributed by atoms with E-state index in [1.165, 1.54) is 32.1 Å². The lowest BCUT2D eigenvalue weighted by Crippen LogP contribution is -2.18. The fraction of sp³-hybridized carbons (Fsp3) is 1.00. The lowest BCUT2D eigenvalue weighted by molar-refractivity contribution is 0.0681. The first-order chi connectivity index (χ1) is 5.33. The van der Waals surface area contributed by atoms with Crippen molar-refractivity contribution in [3.63, 3.8) is 0 Å². The van der Waals surface area contributed by atoms with Gasteiger partial charge in [-0.1, -0.05) is 32.1 Å². The van der Waals surface area contributed by atoms with Gasteiger partial charge in [0.15, 0.2) is 0 Å². The highest BCUT2D eigenvalue weighted by atomic mass is 16.3. The van der Waals surface area contributed by atoms with Gasteiger partial charge in [-0.3, -0.25) is 0 Å². The number of hydrogen-bond acceptors (Lipinski definition) is 2. The van der Waals surface area contributed by atoms with Gasteiger partial charge < -0.3 is 10.2 Å². The molecule has 2 nitrogen and oxygen atoms in total. The van der Waals surface area contributed by atoms with E-state index in [0.29, 0.717) is 5.92 Å². The van der Waals surface area contributed by atoms with Crippen molar-refractivity contribution < 1.29 is 10.2 Å². The molecule has 0 aromatic carbocycles. The summed E-state index contributed by atoms with van der Waals surface area (Å²) in [6.45, 7) is -0.0729. The van der Waals surface area contributed by atoms with Crippen LogP contribution >= 0.6 is 0 Å². The number of aliphatic hydroxyl groups is 2. The fourth-order valence-electron chi connectivity index (χ4n) is 1.88. The van der Waals surface area contributed by atoms with E-state index in [2.05, 4.69) is 0 Å². The van der Waals surface area contributed by atoms with Gasteiger partial charge in [-0.25, -0.2) is 0 Å². The maximum Gasteiger partial charge on any atom is 0.0773 e. The quantitative estimate of drug-likeness (QED) is 0.650. The summed E-state index contributed by atoms with van der Waals surface area (Å²) in [7, 11) is 0. The van der Waals surface area contributed by atoms with Crippen LogP contribution in [-0.4, -0.2) is 22.9 Å². The zero-order chi connectivity index (χ0) is 8.10. The van der Waals surface area contributed by atoms with E-state index in [1.54, 1.807) is 0 Å². The molecule has 0 saturated heterocycles. The molecule has 0 spiro atoms. The molecule has 1 atom stereocenters. The molecule has 0 heterocycles. The lowest BCUT2D eigenvalue weighted by Gasteiger charge is -2.22. The lowest BCUT2D eigenvalue weighted by atomic mass is 9.85. The summed E-state index contributed by atoms with van der Waals surface area (Å²) < 4.78 is 0. The van der Waals surface area contributed by atoms with Gasteiger partial charge in [-0.05, 0) is 12.3 Å². The molecule has 1 saturated carbocycles. The summed E-state index contributed by atoms with van der Waals surface area (Å²) in [6, 6.07) is 0. The third-order valence-corrected chi connectivity index (χ3v) is 2.54. The van der Waals surface area contributed by atoms with Gasteiger partial charge in [0.25, 0.3) is 0 Å². The summed E-state index contributed by atoms with van der Waals surface area (Å²) in [5, 5.41) is 17.8. The predicted molar refractivity (Wildman–Crippen MR) is 44.3 cm³/mol. The Balaban J connectivity index is 2.13. The third-order valence-electron chi connectivity index (χ3n) is 2.54. The third kappa shape index (κ3) is 3.21. The van der Waals surface area contributed by atoms with E-state index in [4.69, 9.17) is 10.2 Å². The topological polar surface area (TPSA) is 40.5 Å². The van der Waals surface area contributed by atoms with Crippen molar-refractivity contribution in [2.75, 3.05) is 6.61 Å². The molecular formula is C9H18O2. The second kappa shape index (κ2) is 4.73. The smallest absolute Gasteiger partial charge is 0.0773 e. The average molecular weight is 158 g/mol. The van der Waals surface area contributed by atoms with Crippen LogP contribution in [0.2, 0.25) is 0 Å². The van der Waals surface area contributed by atoms with Gasteiger partial charge in [0.2, 0.25) is 0 Å². The molecule has 1 rings (SSSR count). The summed E-state index contributed by atoms with van der Waals surface area (Å²) in [6.07, 6.45) is 6.79. The zero-order valence-electron chi connectivity index (χ0n) is 7.00. The van der Waals surface area contributed by atoms with Crippen molar-refractivity contribution in [1.82, 2.24) is 0 Å². The van der Waals surface area contributed by atoms with Gasteiger partial charge in [0, 0.05) is 0 Å². The van der Waals surface area contributed by atoms with Gasteiger partial charge in [0.1, 0.15) is 0 Å². The highest BCUT2D eigenvalue weighted by Gasteiger charge is 2.16. The maximum atomic E-state index is 9.16. The van der Waals surface area contributed by atoms with Crippen LogP contribution in [0.25, 0.3) is 0 Å². The minimum absolute atomic E-state index is 0.0729. The Hall–Kier alpha value is -0.0800. The van der Waals surface area contributed by atoms with Crippen molar-refractivity contribution in [2.45, 2.75) is 44.6 Å². The van der Waals surface area contributed by atoms with Crippen molar-refractivity contribution in [2.24, 2.45) is 5.92 Å². The molecule has 66 valence electrons.